The van der Waals surface area contributed by atoms with E-state index in [0.29, 0.717) is 50.5 Å². The number of rotatable bonds is 11. The summed E-state index contributed by atoms with van der Waals surface area (Å²) in [6.45, 7) is 2.96. The maximum Gasteiger partial charge on any atom is 0.272 e. The third-order valence-electron chi connectivity index (χ3n) is 6.74. The van der Waals surface area contributed by atoms with E-state index in [9.17, 15) is 9.59 Å². The van der Waals surface area contributed by atoms with Crippen LogP contribution in [0.4, 0.5) is 0 Å². The molecule has 1 aromatic heterocycles. The number of nitrogens with zero attached hydrogens (tertiary/aromatic N) is 3. The smallest absolute Gasteiger partial charge is 0.272 e. The summed E-state index contributed by atoms with van der Waals surface area (Å²) < 4.78 is 13.1. The van der Waals surface area contributed by atoms with Crippen LogP contribution in [0.5, 0.6) is 11.5 Å². The zero-order chi connectivity index (χ0) is 26.3. The van der Waals surface area contributed by atoms with Crippen molar-refractivity contribution in [1.29, 1.82) is 0 Å². The van der Waals surface area contributed by atoms with Gasteiger partial charge in [-0.15, -0.1) is 0 Å². The Labute approximate surface area is 222 Å². The van der Waals surface area contributed by atoms with Gasteiger partial charge in [-0.2, -0.15) is 5.10 Å². The molecule has 2 amide bonds. The molecule has 0 bridgehead atoms. The van der Waals surface area contributed by atoms with Crippen molar-refractivity contribution in [3.63, 3.8) is 0 Å². The number of benzene rings is 3. The quantitative estimate of drug-likeness (QED) is 0.301. The first-order valence-corrected chi connectivity index (χ1v) is 13.0. The van der Waals surface area contributed by atoms with Gasteiger partial charge in [-0.3, -0.25) is 14.3 Å². The summed E-state index contributed by atoms with van der Waals surface area (Å²) in [6, 6.07) is 23.6. The molecule has 4 aromatic rings. The number of nitrogens with one attached hydrogen (secondary N) is 1. The summed E-state index contributed by atoms with van der Waals surface area (Å²) in [6.07, 6.45) is 2.25. The Morgan fingerprint density at radius 1 is 1.00 bits per heavy atom. The Bertz CT molecular complexity index is 1400. The zero-order valence-corrected chi connectivity index (χ0v) is 21.6. The number of hydrogen-bond donors (Lipinski definition) is 1. The van der Waals surface area contributed by atoms with E-state index in [2.05, 4.69) is 10.4 Å². The van der Waals surface area contributed by atoms with Gasteiger partial charge >= 0.3 is 0 Å². The molecule has 3 aromatic carbocycles. The van der Waals surface area contributed by atoms with Crippen LogP contribution in [0.3, 0.4) is 0 Å². The Balaban J connectivity index is 1.26. The molecule has 196 valence electrons. The van der Waals surface area contributed by atoms with E-state index in [1.54, 1.807) is 7.11 Å². The van der Waals surface area contributed by atoms with Gasteiger partial charge in [0, 0.05) is 31.4 Å². The van der Waals surface area contributed by atoms with Gasteiger partial charge in [0.1, 0.15) is 18.1 Å². The summed E-state index contributed by atoms with van der Waals surface area (Å²) in [7, 11) is 1.60. The molecule has 0 aliphatic carbocycles. The van der Waals surface area contributed by atoms with Crippen molar-refractivity contribution in [1.82, 2.24) is 20.0 Å². The van der Waals surface area contributed by atoms with E-state index in [1.807, 2.05) is 82.4 Å². The maximum atomic E-state index is 13.1. The highest BCUT2D eigenvalue weighted by Gasteiger charge is 2.20. The molecular formula is C30H32N4O4. The average molecular weight is 513 g/mol. The predicted molar refractivity (Wildman–Crippen MR) is 145 cm³/mol. The van der Waals surface area contributed by atoms with Gasteiger partial charge in [-0.1, -0.05) is 42.5 Å². The van der Waals surface area contributed by atoms with Crippen molar-refractivity contribution in [3.8, 4) is 11.5 Å². The lowest BCUT2D eigenvalue weighted by Gasteiger charge is -2.15. The van der Waals surface area contributed by atoms with Crippen LogP contribution >= 0.6 is 0 Å². The molecule has 8 nitrogen and oxygen atoms in total. The third kappa shape index (κ3) is 5.96. The van der Waals surface area contributed by atoms with E-state index in [1.165, 1.54) is 0 Å². The molecule has 1 saturated heterocycles. The molecule has 0 radical (unpaired) electrons. The van der Waals surface area contributed by atoms with Crippen LogP contribution < -0.4 is 14.8 Å². The van der Waals surface area contributed by atoms with Gasteiger partial charge in [-0.25, -0.2) is 0 Å². The minimum atomic E-state index is -0.237. The summed E-state index contributed by atoms with van der Waals surface area (Å²) in [5, 5.41) is 8.38. The van der Waals surface area contributed by atoms with Crippen LogP contribution in [0.1, 0.15) is 40.9 Å². The highest BCUT2D eigenvalue weighted by Crippen LogP contribution is 2.25. The molecule has 1 N–H and O–H groups in total. The van der Waals surface area contributed by atoms with Crippen LogP contribution in [0.25, 0.3) is 10.9 Å². The number of hydrogen-bond acceptors (Lipinski definition) is 5. The number of fused-ring (bicyclic) bond motifs is 1. The van der Waals surface area contributed by atoms with Crippen molar-refractivity contribution in [3.05, 3.63) is 89.6 Å². The fourth-order valence-corrected chi connectivity index (χ4v) is 4.67. The molecule has 0 spiro atoms. The number of amides is 2. The molecule has 8 heteroatoms. The molecule has 1 aliphatic rings. The van der Waals surface area contributed by atoms with Crippen LogP contribution in [0.15, 0.2) is 72.8 Å². The van der Waals surface area contributed by atoms with Crippen molar-refractivity contribution in [2.75, 3.05) is 26.7 Å². The van der Waals surface area contributed by atoms with Gasteiger partial charge < -0.3 is 19.7 Å². The van der Waals surface area contributed by atoms with Crippen LogP contribution in [-0.4, -0.2) is 53.2 Å². The first-order chi connectivity index (χ1) is 18.6. The summed E-state index contributed by atoms with van der Waals surface area (Å²) in [4.78, 5) is 26.8. The predicted octanol–water partition coefficient (Wildman–Crippen LogP) is 4.41. The zero-order valence-electron chi connectivity index (χ0n) is 21.6. The van der Waals surface area contributed by atoms with E-state index >= 15 is 0 Å². The Hall–Kier alpha value is -4.33. The number of aromatic nitrogens is 2. The highest BCUT2D eigenvalue weighted by atomic mass is 16.5. The SMILES string of the molecule is COc1ccc2c(c1)c(C(=O)NCCCN1CCCC1=O)nn2Cc1ccc(OCc2ccccc2)cc1. The monoisotopic (exact) mass is 512 g/mol. The van der Waals surface area contributed by atoms with E-state index in [0.717, 1.165) is 40.7 Å². The molecule has 38 heavy (non-hydrogen) atoms. The molecule has 0 atom stereocenters. The average Bonchev–Trinajstić information content (AvgIpc) is 3.53. The lowest BCUT2D eigenvalue weighted by atomic mass is 10.1. The van der Waals surface area contributed by atoms with Crippen LogP contribution in [-0.2, 0) is 17.9 Å². The number of carbonyl (C=O) groups is 2. The van der Waals surface area contributed by atoms with Gasteiger partial charge in [0.05, 0.1) is 19.2 Å². The Kier molecular flexibility index (Phi) is 7.87. The number of likely N-dealkylation sites (tertiary alicyclic amines) is 1. The molecule has 0 saturated carbocycles. The Morgan fingerprint density at radius 2 is 1.79 bits per heavy atom. The van der Waals surface area contributed by atoms with E-state index < -0.39 is 0 Å². The second kappa shape index (κ2) is 11.8. The molecule has 1 aliphatic heterocycles. The van der Waals surface area contributed by atoms with Crippen molar-refractivity contribution < 1.29 is 19.1 Å². The van der Waals surface area contributed by atoms with E-state index in [4.69, 9.17) is 9.47 Å². The fraction of sp³-hybridized carbons (Fsp3) is 0.300. The molecule has 5 rings (SSSR count). The highest BCUT2D eigenvalue weighted by molar-refractivity contribution is 6.05. The van der Waals surface area contributed by atoms with Crippen molar-refractivity contribution in [2.45, 2.75) is 32.4 Å². The lowest BCUT2D eigenvalue weighted by Crippen LogP contribution is -2.31. The maximum absolute atomic E-state index is 13.1. The molecular weight excluding hydrogens is 480 g/mol. The van der Waals surface area contributed by atoms with Crippen LogP contribution in [0, 0.1) is 0 Å². The molecule has 0 unspecified atom stereocenters. The first kappa shape index (κ1) is 25.3. The van der Waals surface area contributed by atoms with Gasteiger partial charge in [0.25, 0.3) is 5.91 Å². The second-order valence-electron chi connectivity index (χ2n) is 9.40. The van der Waals surface area contributed by atoms with E-state index in [-0.39, 0.29) is 11.8 Å². The minimum absolute atomic E-state index is 0.198. The third-order valence-corrected chi connectivity index (χ3v) is 6.74. The van der Waals surface area contributed by atoms with Gasteiger partial charge in [0.2, 0.25) is 5.91 Å². The minimum Gasteiger partial charge on any atom is -0.497 e. The number of ether oxygens (including phenoxy) is 2. The number of methoxy groups -OCH3 is 1. The fourth-order valence-electron chi connectivity index (χ4n) is 4.67. The summed E-state index contributed by atoms with van der Waals surface area (Å²) in [5.74, 6) is 1.42. The standard InChI is InChI=1S/C30H32N4O4/c1-37-25-14-15-27-26(19-25)29(30(36)31-16-6-18-33-17-5-9-28(33)35)32-34(27)20-22-10-12-24(13-11-22)38-21-23-7-3-2-4-8-23/h2-4,7-8,10-15,19H,5-6,9,16-18,20-21H2,1H3,(H,31,36). The molecule has 2 heterocycles. The summed E-state index contributed by atoms with van der Waals surface area (Å²) >= 11 is 0. The topological polar surface area (TPSA) is 85.7 Å². The second-order valence-corrected chi connectivity index (χ2v) is 9.40. The Morgan fingerprint density at radius 3 is 2.53 bits per heavy atom. The van der Waals surface area contributed by atoms with Crippen molar-refractivity contribution >= 4 is 22.7 Å². The first-order valence-electron chi connectivity index (χ1n) is 13.0. The normalized spacial score (nSPS) is 13.2. The largest absolute Gasteiger partial charge is 0.497 e. The summed E-state index contributed by atoms with van der Waals surface area (Å²) in [5.41, 5.74) is 3.37. The van der Waals surface area contributed by atoms with Crippen molar-refractivity contribution in [2.24, 2.45) is 0 Å². The molecule has 1 fully saturated rings. The van der Waals surface area contributed by atoms with Gasteiger partial charge in [0.15, 0.2) is 5.69 Å². The lowest BCUT2D eigenvalue weighted by molar-refractivity contribution is -0.127. The van der Waals surface area contributed by atoms with Crippen LogP contribution in [0.2, 0.25) is 0 Å². The van der Waals surface area contributed by atoms with Gasteiger partial charge in [-0.05, 0) is 54.3 Å². The number of carbonyl (C=O) groups excluding carboxylic acids is 2.